The van der Waals surface area contributed by atoms with E-state index in [-0.39, 0.29) is 36.1 Å². The van der Waals surface area contributed by atoms with Crippen LogP contribution in [-0.4, -0.2) is 50.5 Å². The van der Waals surface area contributed by atoms with Gasteiger partial charge in [-0.2, -0.15) is 0 Å². The minimum atomic E-state index is -3.89. The van der Waals surface area contributed by atoms with Gasteiger partial charge in [-0.05, 0) is 12.1 Å². The summed E-state index contributed by atoms with van der Waals surface area (Å²) in [6.45, 7) is 0.360. The minimum Gasteiger partial charge on any atom is -0.353 e. The van der Waals surface area contributed by atoms with Gasteiger partial charge in [-0.25, -0.2) is 12.8 Å². The number of hydrogen-bond donors (Lipinski definition) is 1. The standard InChI is InChI=1S/C13H14ClFN2O4S/c14-10-2-1-3-11(15)9(10)7-22(20,21)8-13(19)17-5-4-16-12(18)6-17/h1-3H,4-8H2,(H,16,18). The van der Waals surface area contributed by atoms with Crippen molar-refractivity contribution in [2.24, 2.45) is 0 Å². The molecule has 1 aliphatic rings. The third kappa shape index (κ3) is 4.17. The first-order chi connectivity index (χ1) is 10.3. The van der Waals surface area contributed by atoms with Crippen molar-refractivity contribution in [3.8, 4) is 0 Å². The van der Waals surface area contributed by atoms with Gasteiger partial charge in [0.05, 0.1) is 12.3 Å². The maximum atomic E-state index is 13.6. The fourth-order valence-corrected chi connectivity index (χ4v) is 3.78. The molecular formula is C13H14ClFN2O4S. The van der Waals surface area contributed by atoms with Gasteiger partial charge < -0.3 is 10.2 Å². The van der Waals surface area contributed by atoms with E-state index in [1.165, 1.54) is 17.0 Å². The van der Waals surface area contributed by atoms with E-state index in [0.29, 0.717) is 0 Å². The van der Waals surface area contributed by atoms with Crippen LogP contribution in [0.3, 0.4) is 0 Å². The highest BCUT2D eigenvalue weighted by Crippen LogP contribution is 2.21. The summed E-state index contributed by atoms with van der Waals surface area (Å²) in [6, 6.07) is 3.85. The molecule has 0 bridgehead atoms. The molecule has 1 saturated heterocycles. The van der Waals surface area contributed by atoms with Gasteiger partial charge in [-0.15, -0.1) is 0 Å². The number of nitrogens with zero attached hydrogens (tertiary/aromatic N) is 1. The third-order valence-electron chi connectivity index (χ3n) is 3.16. The topological polar surface area (TPSA) is 83.6 Å². The van der Waals surface area contributed by atoms with Crippen molar-refractivity contribution >= 4 is 33.3 Å². The Kier molecular flexibility index (Phi) is 5.02. The molecule has 0 aromatic heterocycles. The van der Waals surface area contributed by atoms with Crippen molar-refractivity contribution in [3.05, 3.63) is 34.6 Å². The van der Waals surface area contributed by atoms with Gasteiger partial charge in [0.25, 0.3) is 0 Å². The van der Waals surface area contributed by atoms with Crippen LogP contribution in [-0.2, 0) is 25.2 Å². The number of carbonyl (C=O) groups excluding carboxylic acids is 2. The summed E-state index contributed by atoms with van der Waals surface area (Å²) in [7, 11) is -3.89. The van der Waals surface area contributed by atoms with Crippen LogP contribution in [0.5, 0.6) is 0 Å². The zero-order chi connectivity index (χ0) is 16.3. The van der Waals surface area contributed by atoms with Crippen molar-refractivity contribution < 1.29 is 22.4 Å². The van der Waals surface area contributed by atoms with E-state index in [0.717, 1.165) is 6.07 Å². The first kappa shape index (κ1) is 16.7. The maximum Gasteiger partial charge on any atom is 0.239 e. The Morgan fingerprint density at radius 2 is 2.14 bits per heavy atom. The summed E-state index contributed by atoms with van der Waals surface area (Å²) >= 11 is 5.79. The van der Waals surface area contributed by atoms with Crippen molar-refractivity contribution in [1.29, 1.82) is 0 Å². The minimum absolute atomic E-state index is 0.00613. The Labute approximate surface area is 132 Å². The zero-order valence-corrected chi connectivity index (χ0v) is 13.1. The van der Waals surface area contributed by atoms with E-state index in [9.17, 15) is 22.4 Å². The Balaban J connectivity index is 2.08. The third-order valence-corrected chi connectivity index (χ3v) is 4.93. The first-order valence-corrected chi connectivity index (χ1v) is 8.66. The van der Waals surface area contributed by atoms with Crippen LogP contribution in [0.1, 0.15) is 5.56 Å². The molecule has 0 atom stereocenters. The summed E-state index contributed by atoms with van der Waals surface area (Å²) in [6.07, 6.45) is 0. The molecule has 0 aliphatic carbocycles. The maximum absolute atomic E-state index is 13.6. The summed E-state index contributed by atoms with van der Waals surface area (Å²) in [4.78, 5) is 24.3. The van der Waals surface area contributed by atoms with Crippen molar-refractivity contribution in [2.75, 3.05) is 25.4 Å². The van der Waals surface area contributed by atoms with Crippen LogP contribution in [0.25, 0.3) is 0 Å². The van der Waals surface area contributed by atoms with Crippen molar-refractivity contribution in [1.82, 2.24) is 10.2 Å². The zero-order valence-electron chi connectivity index (χ0n) is 11.5. The molecule has 22 heavy (non-hydrogen) atoms. The molecule has 2 rings (SSSR count). The molecule has 1 heterocycles. The highest BCUT2D eigenvalue weighted by molar-refractivity contribution is 7.91. The van der Waals surface area contributed by atoms with Crippen LogP contribution >= 0.6 is 11.6 Å². The quantitative estimate of drug-likeness (QED) is 0.851. The fraction of sp³-hybridized carbons (Fsp3) is 0.385. The summed E-state index contributed by atoms with van der Waals surface area (Å²) in [5, 5.41) is 2.53. The number of carbonyl (C=O) groups is 2. The van der Waals surface area contributed by atoms with Gasteiger partial charge in [0.15, 0.2) is 9.84 Å². The second kappa shape index (κ2) is 6.62. The van der Waals surface area contributed by atoms with Crippen LogP contribution in [0.4, 0.5) is 4.39 Å². The number of halogens is 2. The predicted molar refractivity (Wildman–Crippen MR) is 78.5 cm³/mol. The normalized spacial score (nSPS) is 15.5. The lowest BCUT2D eigenvalue weighted by molar-refractivity contribution is -0.136. The van der Waals surface area contributed by atoms with Crippen LogP contribution in [0.15, 0.2) is 18.2 Å². The molecule has 120 valence electrons. The number of piperazine rings is 1. The molecule has 9 heteroatoms. The number of benzene rings is 1. The highest BCUT2D eigenvalue weighted by Gasteiger charge is 2.27. The Morgan fingerprint density at radius 3 is 2.77 bits per heavy atom. The SMILES string of the molecule is O=C1CN(C(=O)CS(=O)(=O)Cc2c(F)cccc2Cl)CCN1. The summed E-state index contributed by atoms with van der Waals surface area (Å²) in [5.74, 6) is -3.20. The average molecular weight is 349 g/mol. The van der Waals surface area contributed by atoms with Gasteiger partial charge in [0.2, 0.25) is 11.8 Å². The average Bonchev–Trinajstić information content (AvgIpc) is 2.42. The number of sulfone groups is 1. The highest BCUT2D eigenvalue weighted by atomic mass is 35.5. The van der Waals surface area contributed by atoms with Gasteiger partial charge in [-0.3, -0.25) is 9.59 Å². The monoisotopic (exact) mass is 348 g/mol. The first-order valence-electron chi connectivity index (χ1n) is 6.46. The molecule has 2 amide bonds. The summed E-state index contributed by atoms with van der Waals surface area (Å²) in [5.41, 5.74) is -0.159. The molecule has 0 radical (unpaired) electrons. The molecule has 1 fully saturated rings. The van der Waals surface area contributed by atoms with Gasteiger partial charge in [-0.1, -0.05) is 17.7 Å². The lowest BCUT2D eigenvalue weighted by Gasteiger charge is -2.26. The van der Waals surface area contributed by atoms with Crippen molar-refractivity contribution in [2.45, 2.75) is 5.75 Å². The van der Waals surface area contributed by atoms with E-state index in [2.05, 4.69) is 5.32 Å². The number of nitrogens with one attached hydrogen (secondary N) is 1. The molecule has 0 spiro atoms. The van der Waals surface area contributed by atoms with Gasteiger partial charge >= 0.3 is 0 Å². The summed E-state index contributed by atoms with van der Waals surface area (Å²) < 4.78 is 37.8. The van der Waals surface area contributed by atoms with Crippen LogP contribution < -0.4 is 5.32 Å². The number of rotatable bonds is 4. The van der Waals surface area contributed by atoms with Gasteiger partial charge in [0, 0.05) is 23.7 Å². The smallest absolute Gasteiger partial charge is 0.239 e. The van der Waals surface area contributed by atoms with E-state index in [1.54, 1.807) is 0 Å². The number of amides is 2. The van der Waals surface area contributed by atoms with Gasteiger partial charge in [0.1, 0.15) is 11.6 Å². The number of hydrogen-bond acceptors (Lipinski definition) is 4. The van der Waals surface area contributed by atoms with E-state index < -0.39 is 33.1 Å². The largest absolute Gasteiger partial charge is 0.353 e. The molecule has 1 aromatic rings. The Hall–Kier alpha value is -1.67. The fourth-order valence-electron chi connectivity index (χ4n) is 2.07. The second-order valence-corrected chi connectivity index (χ2v) is 7.37. The van der Waals surface area contributed by atoms with Crippen LogP contribution in [0.2, 0.25) is 5.02 Å². The predicted octanol–water partition coefficient (Wildman–Crippen LogP) is 0.352. The van der Waals surface area contributed by atoms with Crippen LogP contribution in [0, 0.1) is 5.82 Å². The molecule has 0 unspecified atom stereocenters. The Morgan fingerprint density at radius 1 is 1.41 bits per heavy atom. The molecule has 1 aliphatic heterocycles. The van der Waals surface area contributed by atoms with E-state index in [4.69, 9.17) is 11.6 Å². The van der Waals surface area contributed by atoms with Crippen molar-refractivity contribution in [3.63, 3.8) is 0 Å². The lowest BCUT2D eigenvalue weighted by Crippen LogP contribution is -2.51. The Bertz CT molecular complexity index is 688. The van der Waals surface area contributed by atoms with E-state index >= 15 is 0 Å². The molecular weight excluding hydrogens is 335 g/mol. The molecule has 1 N–H and O–H groups in total. The van der Waals surface area contributed by atoms with E-state index in [1.807, 2.05) is 0 Å². The molecule has 0 saturated carbocycles. The molecule has 1 aromatic carbocycles. The lowest BCUT2D eigenvalue weighted by atomic mass is 10.2. The second-order valence-electron chi connectivity index (χ2n) is 4.90. The molecule has 6 nitrogen and oxygen atoms in total.